The first-order valence-corrected chi connectivity index (χ1v) is 10.8. The number of para-hydroxylation sites is 3. The van der Waals surface area contributed by atoms with Crippen LogP contribution in [0.4, 0.5) is 5.69 Å². The number of carbonyl (C=O) groups is 1. The average molecular weight is 385 g/mol. The first kappa shape index (κ1) is 19.1. The molecular weight excluding hydrogens is 362 g/mol. The summed E-state index contributed by atoms with van der Waals surface area (Å²) in [4.78, 5) is 17.1. The Balaban J connectivity index is 1.92. The van der Waals surface area contributed by atoms with Crippen molar-refractivity contribution >= 4 is 32.5 Å². The molecule has 1 N–H and O–H groups in total. The topological polar surface area (TPSA) is 81.1 Å². The lowest BCUT2D eigenvalue weighted by Gasteiger charge is -2.14. The minimum Gasteiger partial charge on any atom is -0.324 e. The standard InChI is InChI=1S/C20H23N3O3S/c1-14(2)15-8-4-5-9-16(15)22-20(24)12-23-18-11-7-6-10-17(18)21-19(23)13-27(3,25)26/h4-11,14H,12-13H2,1-3H3,(H,22,24). The van der Waals surface area contributed by atoms with Crippen LogP contribution in [0.15, 0.2) is 48.5 Å². The van der Waals surface area contributed by atoms with Gasteiger partial charge in [0.15, 0.2) is 9.84 Å². The summed E-state index contributed by atoms with van der Waals surface area (Å²) in [6.07, 6.45) is 1.16. The maximum Gasteiger partial charge on any atom is 0.244 e. The number of benzene rings is 2. The smallest absolute Gasteiger partial charge is 0.244 e. The molecule has 0 bridgehead atoms. The number of amides is 1. The van der Waals surface area contributed by atoms with E-state index in [0.717, 1.165) is 23.0 Å². The Hall–Kier alpha value is -2.67. The van der Waals surface area contributed by atoms with Gasteiger partial charge in [-0.15, -0.1) is 0 Å². The van der Waals surface area contributed by atoms with Gasteiger partial charge in [-0.05, 0) is 29.7 Å². The van der Waals surface area contributed by atoms with Crippen molar-refractivity contribution in [2.24, 2.45) is 0 Å². The van der Waals surface area contributed by atoms with E-state index in [0.29, 0.717) is 11.3 Å². The Morgan fingerprint density at radius 1 is 1.11 bits per heavy atom. The van der Waals surface area contributed by atoms with Crippen LogP contribution >= 0.6 is 0 Å². The molecule has 7 heteroatoms. The average Bonchev–Trinajstić information content (AvgIpc) is 2.90. The van der Waals surface area contributed by atoms with Crippen LogP contribution in [0.2, 0.25) is 0 Å². The predicted molar refractivity (Wildman–Crippen MR) is 107 cm³/mol. The van der Waals surface area contributed by atoms with E-state index in [-0.39, 0.29) is 24.1 Å². The van der Waals surface area contributed by atoms with E-state index >= 15 is 0 Å². The summed E-state index contributed by atoms with van der Waals surface area (Å²) in [5.41, 5.74) is 3.24. The molecule has 3 aromatic rings. The van der Waals surface area contributed by atoms with E-state index in [1.54, 1.807) is 4.57 Å². The summed E-state index contributed by atoms with van der Waals surface area (Å²) in [7, 11) is -3.27. The van der Waals surface area contributed by atoms with Crippen LogP contribution < -0.4 is 5.32 Å². The fourth-order valence-corrected chi connectivity index (χ4v) is 3.78. The molecule has 3 rings (SSSR count). The van der Waals surface area contributed by atoms with E-state index in [4.69, 9.17) is 0 Å². The fourth-order valence-electron chi connectivity index (χ4n) is 3.09. The summed E-state index contributed by atoms with van der Waals surface area (Å²) < 4.78 is 25.2. The Labute approximate surface area is 159 Å². The largest absolute Gasteiger partial charge is 0.324 e. The number of imidazole rings is 1. The van der Waals surface area contributed by atoms with Crippen molar-refractivity contribution in [1.82, 2.24) is 9.55 Å². The van der Waals surface area contributed by atoms with E-state index in [1.807, 2.05) is 48.5 Å². The third-order valence-corrected chi connectivity index (χ3v) is 5.07. The SMILES string of the molecule is CC(C)c1ccccc1NC(=O)Cn1c(CS(C)(=O)=O)nc2ccccc21. The van der Waals surface area contributed by atoms with Gasteiger partial charge in [-0.2, -0.15) is 0 Å². The van der Waals surface area contributed by atoms with Gasteiger partial charge in [0.05, 0.1) is 11.0 Å². The Kier molecular flexibility index (Phi) is 5.32. The molecule has 0 saturated carbocycles. The van der Waals surface area contributed by atoms with Crippen LogP contribution in [0.5, 0.6) is 0 Å². The number of anilines is 1. The van der Waals surface area contributed by atoms with Gasteiger partial charge in [0.1, 0.15) is 18.1 Å². The molecule has 1 heterocycles. The number of hydrogen-bond donors (Lipinski definition) is 1. The summed E-state index contributed by atoms with van der Waals surface area (Å²) in [6, 6.07) is 15.0. The highest BCUT2D eigenvalue weighted by molar-refractivity contribution is 7.89. The number of sulfone groups is 1. The second kappa shape index (κ2) is 7.52. The zero-order chi connectivity index (χ0) is 19.6. The zero-order valence-corrected chi connectivity index (χ0v) is 16.5. The molecule has 0 radical (unpaired) electrons. The minimum atomic E-state index is -3.27. The highest BCUT2D eigenvalue weighted by atomic mass is 32.2. The molecule has 142 valence electrons. The molecule has 1 aromatic heterocycles. The number of rotatable bonds is 6. The van der Waals surface area contributed by atoms with Crippen molar-refractivity contribution in [1.29, 1.82) is 0 Å². The molecule has 0 aliphatic carbocycles. The molecule has 0 aliphatic heterocycles. The van der Waals surface area contributed by atoms with E-state index < -0.39 is 9.84 Å². The van der Waals surface area contributed by atoms with Gasteiger partial charge >= 0.3 is 0 Å². The van der Waals surface area contributed by atoms with Crippen molar-refractivity contribution in [3.63, 3.8) is 0 Å². The maximum absolute atomic E-state index is 12.7. The fraction of sp³-hybridized carbons (Fsp3) is 0.300. The van der Waals surface area contributed by atoms with Gasteiger partial charge in [0, 0.05) is 11.9 Å². The lowest BCUT2D eigenvalue weighted by molar-refractivity contribution is -0.116. The van der Waals surface area contributed by atoms with Gasteiger partial charge in [-0.3, -0.25) is 4.79 Å². The molecule has 6 nitrogen and oxygen atoms in total. The van der Waals surface area contributed by atoms with Crippen LogP contribution in [0.1, 0.15) is 31.2 Å². The van der Waals surface area contributed by atoms with Crippen LogP contribution in [-0.2, 0) is 26.9 Å². The first-order valence-electron chi connectivity index (χ1n) is 8.75. The maximum atomic E-state index is 12.7. The molecule has 0 saturated heterocycles. The van der Waals surface area contributed by atoms with Gasteiger partial charge in [0.2, 0.25) is 5.91 Å². The molecule has 27 heavy (non-hydrogen) atoms. The lowest BCUT2D eigenvalue weighted by Crippen LogP contribution is -2.21. The number of hydrogen-bond acceptors (Lipinski definition) is 4. The van der Waals surface area contributed by atoms with Crippen molar-refractivity contribution in [2.45, 2.75) is 32.1 Å². The van der Waals surface area contributed by atoms with Crippen LogP contribution in [0, 0.1) is 0 Å². The van der Waals surface area contributed by atoms with E-state index in [1.165, 1.54) is 0 Å². The normalized spacial score (nSPS) is 11.9. The zero-order valence-electron chi connectivity index (χ0n) is 15.6. The van der Waals surface area contributed by atoms with Gasteiger partial charge in [-0.1, -0.05) is 44.2 Å². The quantitative estimate of drug-likeness (QED) is 0.706. The summed E-state index contributed by atoms with van der Waals surface area (Å²) in [5.74, 6) is 0.209. The number of nitrogens with zero attached hydrogens (tertiary/aromatic N) is 2. The Morgan fingerprint density at radius 2 is 1.78 bits per heavy atom. The number of aromatic nitrogens is 2. The number of fused-ring (bicyclic) bond motifs is 1. The second-order valence-electron chi connectivity index (χ2n) is 6.96. The number of carbonyl (C=O) groups excluding carboxylic acids is 1. The van der Waals surface area contributed by atoms with Gasteiger partial charge < -0.3 is 9.88 Å². The third-order valence-electron chi connectivity index (χ3n) is 4.28. The third kappa shape index (κ3) is 4.54. The van der Waals surface area contributed by atoms with Crippen LogP contribution in [0.25, 0.3) is 11.0 Å². The van der Waals surface area contributed by atoms with Gasteiger partial charge in [0.25, 0.3) is 0 Å². The Morgan fingerprint density at radius 3 is 2.48 bits per heavy atom. The Bertz CT molecular complexity index is 1080. The predicted octanol–water partition coefficient (Wildman–Crippen LogP) is 3.34. The molecule has 0 atom stereocenters. The molecule has 0 spiro atoms. The van der Waals surface area contributed by atoms with Crippen LogP contribution in [-0.4, -0.2) is 30.1 Å². The molecular formula is C20H23N3O3S. The first-order chi connectivity index (χ1) is 12.7. The number of nitrogens with one attached hydrogen (secondary N) is 1. The highest BCUT2D eigenvalue weighted by Gasteiger charge is 2.18. The highest BCUT2D eigenvalue weighted by Crippen LogP contribution is 2.24. The second-order valence-corrected chi connectivity index (χ2v) is 9.10. The van der Waals surface area contributed by atoms with Crippen LogP contribution in [0.3, 0.4) is 0 Å². The van der Waals surface area contributed by atoms with Crippen molar-refractivity contribution in [3.8, 4) is 0 Å². The minimum absolute atomic E-state index is 0.00219. The van der Waals surface area contributed by atoms with Crippen molar-refractivity contribution in [3.05, 3.63) is 59.9 Å². The molecule has 1 amide bonds. The summed E-state index contributed by atoms with van der Waals surface area (Å²) in [5, 5.41) is 2.95. The van der Waals surface area contributed by atoms with E-state index in [2.05, 4.69) is 24.1 Å². The summed E-state index contributed by atoms with van der Waals surface area (Å²) in [6.45, 7) is 4.13. The van der Waals surface area contributed by atoms with Crippen molar-refractivity contribution in [2.75, 3.05) is 11.6 Å². The summed E-state index contributed by atoms with van der Waals surface area (Å²) >= 11 is 0. The monoisotopic (exact) mass is 385 g/mol. The molecule has 0 aliphatic rings. The van der Waals surface area contributed by atoms with Crippen molar-refractivity contribution < 1.29 is 13.2 Å². The molecule has 2 aromatic carbocycles. The van der Waals surface area contributed by atoms with E-state index in [9.17, 15) is 13.2 Å². The molecule has 0 unspecified atom stereocenters. The molecule has 0 fully saturated rings. The lowest BCUT2D eigenvalue weighted by atomic mass is 10.0. The van der Waals surface area contributed by atoms with Gasteiger partial charge in [-0.25, -0.2) is 13.4 Å².